The van der Waals surface area contributed by atoms with Gasteiger partial charge < -0.3 is 53.2 Å². The van der Waals surface area contributed by atoms with Crippen molar-refractivity contribution >= 4 is 35.6 Å². The quantitative estimate of drug-likeness (QED) is 0.0800. The van der Waals surface area contributed by atoms with Gasteiger partial charge in [-0.1, -0.05) is 7.43 Å². The third-order valence-corrected chi connectivity index (χ3v) is 6.01. The second-order valence-electron chi connectivity index (χ2n) is 9.78. The topological polar surface area (TPSA) is 237 Å². The summed E-state index contributed by atoms with van der Waals surface area (Å²) in [5.74, 6) is -5.79. The van der Waals surface area contributed by atoms with Crippen molar-refractivity contribution in [3.05, 3.63) is 69.8 Å². The lowest BCUT2D eigenvalue weighted by Gasteiger charge is -2.10. The van der Waals surface area contributed by atoms with Crippen LogP contribution in [0.5, 0.6) is 0 Å². The third kappa shape index (κ3) is 19.9. The maximum absolute atomic E-state index is 12.4. The van der Waals surface area contributed by atoms with Gasteiger partial charge in [0.2, 0.25) is 0 Å². The van der Waals surface area contributed by atoms with Crippen LogP contribution in [0.15, 0.2) is 36.4 Å². The molecule has 284 valence electrons. The Labute approximate surface area is 295 Å². The minimum absolute atomic E-state index is 0. The second-order valence-corrected chi connectivity index (χ2v) is 9.78. The zero-order valence-corrected chi connectivity index (χ0v) is 28.0. The summed E-state index contributed by atoms with van der Waals surface area (Å²) in [5, 5.41) is 25.8. The number of hydrogen-bond donors (Lipinski definition) is 3. The van der Waals surface area contributed by atoms with Gasteiger partial charge in [0.25, 0.3) is 0 Å². The molecule has 0 saturated heterocycles. The van der Waals surface area contributed by atoms with Crippen LogP contribution in [-0.4, -0.2) is 144 Å². The van der Waals surface area contributed by atoms with E-state index < -0.39 is 29.8 Å². The average Bonchev–Trinajstić information content (AvgIpc) is 3.09. The molecule has 3 N–H and O–H groups in total. The third-order valence-electron chi connectivity index (χ3n) is 6.01. The number of ether oxygens (including phenoxy) is 8. The molecule has 0 heterocycles. The van der Waals surface area contributed by atoms with E-state index in [2.05, 4.69) is 0 Å². The Hall–Kier alpha value is -4.78. The van der Waals surface area contributed by atoms with Crippen LogP contribution in [-0.2, 0) is 37.9 Å². The zero-order valence-electron chi connectivity index (χ0n) is 28.0. The number of ketones is 1. The normalized spacial score (nSPS) is 10.3. The first-order valence-electron chi connectivity index (χ1n) is 15.0. The van der Waals surface area contributed by atoms with Crippen LogP contribution < -0.4 is 0 Å². The molecule has 0 saturated carbocycles. The summed E-state index contributed by atoms with van der Waals surface area (Å²) in [6, 6.07) is 6.77. The lowest BCUT2D eigenvalue weighted by atomic mass is 10.0. The molecule has 2 aromatic carbocycles. The Morgan fingerprint density at radius 3 is 0.961 bits per heavy atom. The Morgan fingerprint density at radius 1 is 0.431 bits per heavy atom. The number of rotatable bonds is 24. The number of esters is 2. The Bertz CT molecular complexity index is 1270. The van der Waals surface area contributed by atoms with Crippen molar-refractivity contribution in [2.24, 2.45) is 0 Å². The fourth-order valence-electron chi connectivity index (χ4n) is 3.55. The summed E-state index contributed by atoms with van der Waals surface area (Å²) in [6.45, 7) is 5.17. The number of hydrogen-bond acceptors (Lipinski definition) is 14. The van der Waals surface area contributed by atoms with E-state index in [1.807, 2.05) is 0 Å². The van der Waals surface area contributed by atoms with E-state index in [4.69, 9.17) is 53.2 Å². The summed E-state index contributed by atoms with van der Waals surface area (Å²) in [5.41, 5.74) is -0.777. The van der Waals surface area contributed by atoms with E-state index >= 15 is 0 Å². The Morgan fingerprint density at radius 2 is 0.686 bits per heavy atom. The van der Waals surface area contributed by atoms with Crippen LogP contribution in [0, 0.1) is 0 Å². The lowest BCUT2D eigenvalue weighted by Crippen LogP contribution is -2.16. The monoisotopic (exact) mass is 726 g/mol. The standard InChI is InChI=1S/C24H36O11.C9H6O6.CH4/c1-19(25)20-16-21(23(26)34-14-12-32-10-8-30-6-4-28-2)18-22(17-20)24(27)35-15-13-33-11-9-31-7-5-29-3;10-7(11)4-1-5(8(12)13)3-6(2-4)9(14)15;/h16-18H,4-15H2,1-3H3;1-3H,(H,10,11)(H,12,13)(H,14,15);1H4. The highest BCUT2D eigenvalue weighted by atomic mass is 16.6. The molecule has 2 rings (SSSR count). The van der Waals surface area contributed by atoms with Gasteiger partial charge in [0.15, 0.2) is 5.78 Å². The Kier molecular flexibility index (Phi) is 24.5. The molecule has 0 fully saturated rings. The molecular formula is C34H46O17. The van der Waals surface area contributed by atoms with Crippen LogP contribution in [0.3, 0.4) is 0 Å². The Balaban J connectivity index is 0.00000130. The van der Waals surface area contributed by atoms with Gasteiger partial charge in [-0.25, -0.2) is 24.0 Å². The summed E-state index contributed by atoms with van der Waals surface area (Å²) in [6.07, 6.45) is 0. The van der Waals surface area contributed by atoms with E-state index in [0.29, 0.717) is 52.9 Å². The van der Waals surface area contributed by atoms with Gasteiger partial charge in [0.05, 0.1) is 93.9 Å². The van der Waals surface area contributed by atoms with Gasteiger partial charge in [-0.05, 0) is 43.3 Å². The highest BCUT2D eigenvalue weighted by molar-refractivity contribution is 6.02. The molecule has 0 aromatic heterocycles. The minimum Gasteiger partial charge on any atom is -0.478 e. The van der Waals surface area contributed by atoms with Crippen molar-refractivity contribution in [2.45, 2.75) is 14.4 Å². The molecular weight excluding hydrogens is 680 g/mol. The van der Waals surface area contributed by atoms with E-state index in [9.17, 15) is 28.8 Å². The van der Waals surface area contributed by atoms with E-state index in [1.165, 1.54) is 25.1 Å². The molecule has 0 bridgehead atoms. The lowest BCUT2D eigenvalue weighted by molar-refractivity contribution is 0.00552. The largest absolute Gasteiger partial charge is 0.478 e. The molecule has 0 amide bonds. The first-order chi connectivity index (χ1) is 23.9. The summed E-state index contributed by atoms with van der Waals surface area (Å²) >= 11 is 0. The van der Waals surface area contributed by atoms with Crippen molar-refractivity contribution in [3.8, 4) is 0 Å². The summed E-state index contributed by atoms with van der Waals surface area (Å²) in [4.78, 5) is 68.4. The van der Waals surface area contributed by atoms with Gasteiger partial charge in [-0.15, -0.1) is 0 Å². The number of carbonyl (C=O) groups is 6. The predicted molar refractivity (Wildman–Crippen MR) is 178 cm³/mol. The summed E-state index contributed by atoms with van der Waals surface area (Å²) in [7, 11) is 3.18. The molecule has 0 unspecified atom stereocenters. The molecule has 0 aliphatic heterocycles. The van der Waals surface area contributed by atoms with Crippen molar-refractivity contribution in [1.29, 1.82) is 0 Å². The van der Waals surface area contributed by atoms with E-state index in [0.717, 1.165) is 18.2 Å². The zero-order chi connectivity index (χ0) is 37.3. The van der Waals surface area contributed by atoms with Crippen LogP contribution in [0.1, 0.15) is 76.5 Å². The maximum Gasteiger partial charge on any atom is 0.338 e. The van der Waals surface area contributed by atoms with Crippen molar-refractivity contribution in [2.75, 3.05) is 93.5 Å². The smallest absolute Gasteiger partial charge is 0.338 e. The highest BCUT2D eigenvalue weighted by Gasteiger charge is 2.17. The van der Waals surface area contributed by atoms with Crippen molar-refractivity contribution < 1.29 is 82.0 Å². The highest BCUT2D eigenvalue weighted by Crippen LogP contribution is 2.14. The second kappa shape index (κ2) is 27.0. The molecule has 0 radical (unpaired) electrons. The van der Waals surface area contributed by atoms with Crippen LogP contribution in [0.2, 0.25) is 0 Å². The number of benzene rings is 2. The van der Waals surface area contributed by atoms with E-state index in [1.54, 1.807) is 14.2 Å². The number of Topliss-reactive ketones (excluding diaryl/α,β-unsaturated/α-hetero) is 1. The molecule has 0 spiro atoms. The molecule has 2 aromatic rings. The van der Waals surface area contributed by atoms with Gasteiger partial charge in [0, 0.05) is 19.8 Å². The average molecular weight is 727 g/mol. The molecule has 0 atom stereocenters. The minimum atomic E-state index is -1.37. The van der Waals surface area contributed by atoms with Gasteiger partial charge in [-0.2, -0.15) is 0 Å². The first kappa shape index (κ1) is 46.2. The number of carboxylic acid groups (broad SMARTS) is 3. The maximum atomic E-state index is 12.4. The molecule has 51 heavy (non-hydrogen) atoms. The SMILES string of the molecule is C.COCCOCCOCCOC(=O)c1cc(C(C)=O)cc(C(=O)OCCOCCOCCOC)c1.O=C(O)c1cc(C(=O)O)cc(C(=O)O)c1. The predicted octanol–water partition coefficient (Wildman–Crippen LogP) is 2.98. The van der Waals surface area contributed by atoms with Crippen molar-refractivity contribution in [3.63, 3.8) is 0 Å². The van der Waals surface area contributed by atoms with Gasteiger partial charge in [0.1, 0.15) is 13.2 Å². The molecule has 0 aliphatic rings. The molecule has 17 heteroatoms. The van der Waals surface area contributed by atoms with Crippen LogP contribution in [0.4, 0.5) is 0 Å². The number of carbonyl (C=O) groups excluding carboxylic acids is 3. The summed E-state index contributed by atoms with van der Waals surface area (Å²) < 4.78 is 41.2. The molecule has 0 aliphatic carbocycles. The van der Waals surface area contributed by atoms with Crippen LogP contribution >= 0.6 is 0 Å². The number of carboxylic acids is 3. The van der Waals surface area contributed by atoms with Crippen molar-refractivity contribution in [1.82, 2.24) is 0 Å². The fraction of sp³-hybridized carbons (Fsp3) is 0.471. The number of aromatic carboxylic acids is 3. The number of methoxy groups -OCH3 is 2. The first-order valence-corrected chi connectivity index (χ1v) is 15.0. The van der Waals surface area contributed by atoms with Crippen LogP contribution in [0.25, 0.3) is 0 Å². The van der Waals surface area contributed by atoms with E-state index in [-0.39, 0.29) is 73.0 Å². The fourth-order valence-corrected chi connectivity index (χ4v) is 3.55. The van der Waals surface area contributed by atoms with Gasteiger partial charge in [-0.3, -0.25) is 4.79 Å². The molecule has 17 nitrogen and oxygen atoms in total. The van der Waals surface area contributed by atoms with Gasteiger partial charge >= 0.3 is 29.8 Å².